The molecule has 0 saturated heterocycles. The number of hydrogen-bond acceptors (Lipinski definition) is 4. The van der Waals surface area contributed by atoms with Crippen LogP contribution in [-0.4, -0.2) is 19.7 Å². The molecule has 0 saturated carbocycles. The van der Waals surface area contributed by atoms with E-state index in [1.165, 1.54) is 12.5 Å². The zero-order chi connectivity index (χ0) is 14.0. The molecule has 0 aliphatic carbocycles. The van der Waals surface area contributed by atoms with Crippen LogP contribution >= 0.6 is 0 Å². The maximum absolute atomic E-state index is 11.4. The molecular formula is C14H12N2O2S. The topological polar surface area (TPSA) is 70.8 Å². The molecule has 0 radical (unpaired) electrons. The Morgan fingerprint density at radius 2 is 1.84 bits per heavy atom. The molecule has 0 amide bonds. The molecule has 1 heterocycles. The molecule has 2 rings (SSSR count). The SMILES string of the molecule is Cc1ncc(C#N)cc1-c1ccc(S(C)(=O)=O)cc1. The standard InChI is InChI=1S/C14H12N2O2S/c1-10-14(7-11(8-15)9-16-10)12-3-5-13(6-4-12)19(2,17)18/h3-7,9H,1-2H3. The summed E-state index contributed by atoms with van der Waals surface area (Å²) in [5, 5.41) is 8.88. The summed E-state index contributed by atoms with van der Waals surface area (Å²) in [6, 6.07) is 10.4. The van der Waals surface area contributed by atoms with Gasteiger partial charge < -0.3 is 0 Å². The summed E-state index contributed by atoms with van der Waals surface area (Å²) in [5.74, 6) is 0. The number of pyridine rings is 1. The van der Waals surface area contributed by atoms with E-state index in [1.807, 2.05) is 13.0 Å². The molecule has 96 valence electrons. The Morgan fingerprint density at radius 1 is 1.21 bits per heavy atom. The van der Waals surface area contributed by atoms with Crippen LogP contribution in [0.3, 0.4) is 0 Å². The average Bonchev–Trinajstić information content (AvgIpc) is 2.38. The highest BCUT2D eigenvalue weighted by Gasteiger charge is 2.09. The minimum absolute atomic E-state index is 0.276. The van der Waals surface area contributed by atoms with Gasteiger partial charge >= 0.3 is 0 Å². The van der Waals surface area contributed by atoms with Crippen LogP contribution in [0.5, 0.6) is 0 Å². The summed E-state index contributed by atoms with van der Waals surface area (Å²) in [6.07, 6.45) is 2.69. The summed E-state index contributed by atoms with van der Waals surface area (Å²) in [5.41, 5.74) is 2.95. The zero-order valence-corrected chi connectivity index (χ0v) is 11.4. The van der Waals surface area contributed by atoms with Crippen LogP contribution in [0, 0.1) is 18.3 Å². The van der Waals surface area contributed by atoms with E-state index in [2.05, 4.69) is 4.98 Å². The number of benzene rings is 1. The Morgan fingerprint density at radius 3 is 2.37 bits per heavy atom. The molecule has 0 fully saturated rings. The zero-order valence-electron chi connectivity index (χ0n) is 10.6. The molecule has 2 aromatic rings. The Balaban J connectivity index is 2.52. The van der Waals surface area contributed by atoms with Gasteiger partial charge in [-0.1, -0.05) is 12.1 Å². The fourth-order valence-electron chi connectivity index (χ4n) is 1.77. The summed E-state index contributed by atoms with van der Waals surface area (Å²) in [4.78, 5) is 4.43. The van der Waals surface area contributed by atoms with Gasteiger partial charge in [-0.2, -0.15) is 5.26 Å². The van der Waals surface area contributed by atoms with Gasteiger partial charge in [0.15, 0.2) is 9.84 Å². The monoisotopic (exact) mass is 272 g/mol. The second-order valence-corrected chi connectivity index (χ2v) is 6.28. The van der Waals surface area contributed by atoms with E-state index in [0.717, 1.165) is 16.8 Å². The van der Waals surface area contributed by atoms with Gasteiger partial charge in [0, 0.05) is 23.7 Å². The number of nitriles is 1. The molecule has 19 heavy (non-hydrogen) atoms. The first-order valence-corrected chi connectivity index (χ1v) is 7.48. The normalized spacial score (nSPS) is 11.0. The molecule has 5 heteroatoms. The van der Waals surface area contributed by atoms with Gasteiger partial charge in [-0.15, -0.1) is 0 Å². The Kier molecular flexibility index (Phi) is 3.36. The van der Waals surface area contributed by atoms with Crippen molar-refractivity contribution in [3.8, 4) is 17.2 Å². The van der Waals surface area contributed by atoms with E-state index in [0.29, 0.717) is 5.56 Å². The first-order chi connectivity index (χ1) is 8.91. The van der Waals surface area contributed by atoms with E-state index >= 15 is 0 Å². The Labute approximate surface area is 112 Å². The van der Waals surface area contributed by atoms with Crippen molar-refractivity contribution in [3.63, 3.8) is 0 Å². The second-order valence-electron chi connectivity index (χ2n) is 4.27. The third-order valence-corrected chi connectivity index (χ3v) is 3.94. The number of rotatable bonds is 2. The van der Waals surface area contributed by atoms with Crippen molar-refractivity contribution in [1.29, 1.82) is 5.26 Å². The number of aryl methyl sites for hydroxylation is 1. The third-order valence-electron chi connectivity index (χ3n) is 2.81. The fraction of sp³-hybridized carbons (Fsp3) is 0.143. The summed E-state index contributed by atoms with van der Waals surface area (Å²) in [7, 11) is -3.19. The van der Waals surface area contributed by atoms with E-state index in [-0.39, 0.29) is 4.90 Å². The minimum Gasteiger partial charge on any atom is -0.260 e. The van der Waals surface area contributed by atoms with Gasteiger partial charge in [0.25, 0.3) is 0 Å². The molecule has 0 spiro atoms. The maximum atomic E-state index is 11.4. The highest BCUT2D eigenvalue weighted by molar-refractivity contribution is 7.90. The van der Waals surface area contributed by atoms with Crippen LogP contribution in [0.25, 0.3) is 11.1 Å². The van der Waals surface area contributed by atoms with Gasteiger partial charge in [-0.25, -0.2) is 8.42 Å². The summed E-state index contributed by atoms with van der Waals surface area (Å²) >= 11 is 0. The smallest absolute Gasteiger partial charge is 0.175 e. The lowest BCUT2D eigenvalue weighted by Gasteiger charge is -2.06. The number of aromatic nitrogens is 1. The van der Waals surface area contributed by atoms with Crippen molar-refractivity contribution in [3.05, 3.63) is 47.8 Å². The molecule has 1 aromatic heterocycles. The lowest BCUT2D eigenvalue weighted by molar-refractivity contribution is 0.602. The van der Waals surface area contributed by atoms with Crippen LogP contribution in [0.1, 0.15) is 11.3 Å². The number of sulfone groups is 1. The second kappa shape index (κ2) is 4.82. The lowest BCUT2D eigenvalue weighted by Crippen LogP contribution is -1.96. The first kappa shape index (κ1) is 13.2. The highest BCUT2D eigenvalue weighted by Crippen LogP contribution is 2.24. The molecule has 4 nitrogen and oxygen atoms in total. The van der Waals surface area contributed by atoms with Gasteiger partial charge in [-0.05, 0) is 30.7 Å². The van der Waals surface area contributed by atoms with E-state index in [4.69, 9.17) is 5.26 Å². The van der Waals surface area contributed by atoms with Crippen LogP contribution in [0.15, 0.2) is 41.4 Å². The first-order valence-electron chi connectivity index (χ1n) is 5.59. The Bertz CT molecular complexity index is 757. The highest BCUT2D eigenvalue weighted by atomic mass is 32.2. The molecule has 0 unspecified atom stereocenters. The van der Waals surface area contributed by atoms with E-state index < -0.39 is 9.84 Å². The van der Waals surface area contributed by atoms with Crippen molar-refractivity contribution in [1.82, 2.24) is 4.98 Å². The van der Waals surface area contributed by atoms with E-state index in [1.54, 1.807) is 30.3 Å². The minimum atomic E-state index is -3.19. The molecule has 0 aliphatic heterocycles. The predicted molar refractivity (Wildman–Crippen MR) is 72.2 cm³/mol. The number of hydrogen-bond donors (Lipinski definition) is 0. The van der Waals surface area contributed by atoms with Crippen molar-refractivity contribution < 1.29 is 8.42 Å². The summed E-state index contributed by atoms with van der Waals surface area (Å²) in [6.45, 7) is 1.85. The van der Waals surface area contributed by atoms with Gasteiger partial charge in [0.2, 0.25) is 0 Å². The van der Waals surface area contributed by atoms with Crippen molar-refractivity contribution in [2.75, 3.05) is 6.26 Å². The van der Waals surface area contributed by atoms with E-state index in [9.17, 15) is 8.42 Å². The maximum Gasteiger partial charge on any atom is 0.175 e. The molecular weight excluding hydrogens is 260 g/mol. The summed E-state index contributed by atoms with van der Waals surface area (Å²) < 4.78 is 22.8. The quantitative estimate of drug-likeness (QED) is 0.841. The van der Waals surface area contributed by atoms with Crippen LogP contribution in [0.4, 0.5) is 0 Å². The van der Waals surface area contributed by atoms with Crippen LogP contribution < -0.4 is 0 Å². The number of nitrogens with zero attached hydrogens (tertiary/aromatic N) is 2. The van der Waals surface area contributed by atoms with Crippen molar-refractivity contribution in [2.24, 2.45) is 0 Å². The predicted octanol–water partition coefficient (Wildman–Crippen LogP) is 2.33. The van der Waals surface area contributed by atoms with Gasteiger partial charge in [-0.3, -0.25) is 4.98 Å². The average molecular weight is 272 g/mol. The molecule has 0 bridgehead atoms. The van der Waals surface area contributed by atoms with Crippen LogP contribution in [-0.2, 0) is 9.84 Å². The molecule has 0 aliphatic rings. The Hall–Kier alpha value is -2.19. The molecule has 0 N–H and O–H groups in total. The fourth-order valence-corrected chi connectivity index (χ4v) is 2.40. The van der Waals surface area contributed by atoms with Crippen molar-refractivity contribution in [2.45, 2.75) is 11.8 Å². The van der Waals surface area contributed by atoms with Gasteiger partial charge in [0.1, 0.15) is 6.07 Å². The third kappa shape index (κ3) is 2.80. The molecule has 0 atom stereocenters. The largest absolute Gasteiger partial charge is 0.260 e. The lowest BCUT2D eigenvalue weighted by atomic mass is 10.0. The van der Waals surface area contributed by atoms with Crippen molar-refractivity contribution >= 4 is 9.84 Å². The van der Waals surface area contributed by atoms with Crippen LogP contribution in [0.2, 0.25) is 0 Å². The van der Waals surface area contributed by atoms with Gasteiger partial charge in [0.05, 0.1) is 10.5 Å². The molecule has 1 aromatic carbocycles.